The first kappa shape index (κ1) is 15.0. The van der Waals surface area contributed by atoms with Gasteiger partial charge in [-0.25, -0.2) is 0 Å². The molecule has 1 unspecified atom stereocenters. The van der Waals surface area contributed by atoms with Crippen molar-refractivity contribution in [1.82, 2.24) is 10.2 Å². The number of likely N-dealkylation sites (N-methyl/N-ethyl adjacent to an activating group) is 2. The lowest BCUT2D eigenvalue weighted by atomic mass is 10.1. The second-order valence-corrected chi connectivity index (χ2v) is 4.88. The molecular weight excluding hydrogens is 224 g/mol. The average Bonchev–Trinajstić information content (AvgIpc) is 2.37. The van der Waals surface area contributed by atoms with Gasteiger partial charge in [-0.05, 0) is 52.6 Å². The van der Waals surface area contributed by atoms with Crippen LogP contribution in [0.2, 0.25) is 0 Å². The molecule has 1 rings (SSSR count). The second kappa shape index (κ2) is 7.39. The molecule has 0 bridgehead atoms. The normalized spacial score (nSPS) is 13.1. The maximum absolute atomic E-state index is 5.46. The van der Waals surface area contributed by atoms with Crippen LogP contribution in [0.4, 0.5) is 0 Å². The average molecular weight is 250 g/mol. The predicted octanol–water partition coefficient (Wildman–Crippen LogP) is 2.69. The van der Waals surface area contributed by atoms with E-state index in [1.165, 1.54) is 5.56 Å². The predicted molar refractivity (Wildman–Crippen MR) is 77.2 cm³/mol. The monoisotopic (exact) mass is 250 g/mol. The Morgan fingerprint density at radius 3 is 2.28 bits per heavy atom. The van der Waals surface area contributed by atoms with Gasteiger partial charge in [-0.3, -0.25) is 0 Å². The van der Waals surface area contributed by atoms with Crippen LogP contribution < -0.4 is 10.1 Å². The summed E-state index contributed by atoms with van der Waals surface area (Å²) in [6.45, 7) is 8.14. The van der Waals surface area contributed by atoms with E-state index in [0.717, 1.165) is 12.3 Å². The number of hydrogen-bond donors (Lipinski definition) is 1. The summed E-state index contributed by atoms with van der Waals surface area (Å²) >= 11 is 0. The lowest BCUT2D eigenvalue weighted by Gasteiger charge is -2.27. The fraction of sp³-hybridized carbons (Fsp3) is 0.600. The molecule has 18 heavy (non-hydrogen) atoms. The third-order valence-electron chi connectivity index (χ3n) is 3.29. The van der Waals surface area contributed by atoms with Crippen molar-refractivity contribution in [3.8, 4) is 5.75 Å². The van der Waals surface area contributed by atoms with Crippen LogP contribution in [0.25, 0.3) is 0 Å². The van der Waals surface area contributed by atoms with Gasteiger partial charge in [-0.2, -0.15) is 0 Å². The highest BCUT2D eigenvalue weighted by Gasteiger charge is 2.13. The zero-order chi connectivity index (χ0) is 13.5. The summed E-state index contributed by atoms with van der Waals surface area (Å²) in [6, 6.07) is 9.27. The van der Waals surface area contributed by atoms with Crippen LogP contribution in [0.3, 0.4) is 0 Å². The van der Waals surface area contributed by atoms with E-state index in [9.17, 15) is 0 Å². The molecular formula is C15H26N2O. The highest BCUT2D eigenvalue weighted by molar-refractivity contribution is 5.29. The van der Waals surface area contributed by atoms with Gasteiger partial charge >= 0.3 is 0 Å². The number of rotatable bonds is 7. The van der Waals surface area contributed by atoms with E-state index < -0.39 is 0 Å². The largest absolute Gasteiger partial charge is 0.494 e. The molecule has 3 nitrogen and oxygen atoms in total. The minimum Gasteiger partial charge on any atom is -0.494 e. The SMILES string of the molecule is CCOc1ccc(C(CN(C)C(C)C)NC)cc1. The summed E-state index contributed by atoms with van der Waals surface area (Å²) in [5.74, 6) is 0.938. The Balaban J connectivity index is 2.69. The number of hydrogen-bond acceptors (Lipinski definition) is 3. The molecule has 0 heterocycles. The number of ether oxygens (including phenoxy) is 1. The van der Waals surface area contributed by atoms with Gasteiger partial charge in [0.15, 0.2) is 0 Å². The fourth-order valence-corrected chi connectivity index (χ4v) is 1.83. The molecule has 0 aliphatic rings. The highest BCUT2D eigenvalue weighted by Crippen LogP contribution is 2.19. The summed E-state index contributed by atoms with van der Waals surface area (Å²) in [5.41, 5.74) is 1.30. The third kappa shape index (κ3) is 4.31. The van der Waals surface area contributed by atoms with Crippen LogP contribution in [0.15, 0.2) is 24.3 Å². The van der Waals surface area contributed by atoms with Crippen LogP contribution in [0.1, 0.15) is 32.4 Å². The van der Waals surface area contributed by atoms with E-state index in [1.807, 2.05) is 26.1 Å². The van der Waals surface area contributed by atoms with Gasteiger partial charge in [0, 0.05) is 18.6 Å². The van der Waals surface area contributed by atoms with Gasteiger partial charge in [0.05, 0.1) is 6.61 Å². The number of nitrogens with zero attached hydrogens (tertiary/aromatic N) is 1. The molecule has 0 amide bonds. The molecule has 3 heteroatoms. The fourth-order valence-electron chi connectivity index (χ4n) is 1.83. The summed E-state index contributed by atoms with van der Waals surface area (Å²) in [6.07, 6.45) is 0. The molecule has 1 N–H and O–H groups in total. The maximum atomic E-state index is 5.46. The molecule has 102 valence electrons. The minimum absolute atomic E-state index is 0.355. The van der Waals surface area contributed by atoms with Gasteiger partial charge in [-0.1, -0.05) is 12.1 Å². The van der Waals surface area contributed by atoms with Crippen molar-refractivity contribution < 1.29 is 4.74 Å². The Morgan fingerprint density at radius 1 is 1.22 bits per heavy atom. The van der Waals surface area contributed by atoms with Gasteiger partial charge < -0.3 is 15.0 Å². The molecule has 1 aromatic rings. The second-order valence-electron chi connectivity index (χ2n) is 4.88. The van der Waals surface area contributed by atoms with Gasteiger partial charge in [0.2, 0.25) is 0 Å². The highest BCUT2D eigenvalue weighted by atomic mass is 16.5. The van der Waals surface area contributed by atoms with Crippen molar-refractivity contribution in [3.63, 3.8) is 0 Å². The molecule has 0 aliphatic carbocycles. The topological polar surface area (TPSA) is 24.5 Å². The van der Waals surface area contributed by atoms with Crippen LogP contribution in [0, 0.1) is 0 Å². The van der Waals surface area contributed by atoms with E-state index in [0.29, 0.717) is 18.7 Å². The van der Waals surface area contributed by atoms with Crippen molar-refractivity contribution in [2.75, 3.05) is 27.2 Å². The van der Waals surface area contributed by atoms with E-state index in [-0.39, 0.29) is 0 Å². The number of benzene rings is 1. The maximum Gasteiger partial charge on any atom is 0.119 e. The molecule has 0 radical (unpaired) electrons. The van der Waals surface area contributed by atoms with Crippen molar-refractivity contribution in [2.45, 2.75) is 32.9 Å². The molecule has 0 saturated carbocycles. The van der Waals surface area contributed by atoms with E-state index in [1.54, 1.807) is 0 Å². The van der Waals surface area contributed by atoms with Crippen LogP contribution in [0.5, 0.6) is 5.75 Å². The van der Waals surface area contributed by atoms with Crippen molar-refractivity contribution in [2.24, 2.45) is 0 Å². The minimum atomic E-state index is 0.355. The van der Waals surface area contributed by atoms with Crippen LogP contribution in [-0.2, 0) is 0 Å². The summed E-state index contributed by atoms with van der Waals surface area (Å²) < 4.78 is 5.46. The van der Waals surface area contributed by atoms with Crippen LogP contribution >= 0.6 is 0 Å². The first-order valence-corrected chi connectivity index (χ1v) is 6.68. The Bertz CT molecular complexity index is 335. The van der Waals surface area contributed by atoms with Crippen molar-refractivity contribution in [3.05, 3.63) is 29.8 Å². The standard InChI is InChI=1S/C15H26N2O/c1-6-18-14-9-7-13(8-10-14)15(16-4)11-17(5)12(2)3/h7-10,12,15-16H,6,11H2,1-5H3. The summed E-state index contributed by atoms with van der Waals surface area (Å²) in [5, 5.41) is 3.37. The number of nitrogens with one attached hydrogen (secondary N) is 1. The van der Waals surface area contributed by atoms with E-state index in [4.69, 9.17) is 4.74 Å². The summed E-state index contributed by atoms with van der Waals surface area (Å²) in [4.78, 5) is 2.34. The molecule has 1 aromatic carbocycles. The lowest BCUT2D eigenvalue weighted by Crippen LogP contribution is -2.35. The molecule has 0 saturated heterocycles. The molecule has 0 spiro atoms. The third-order valence-corrected chi connectivity index (χ3v) is 3.29. The Labute approximate surface area is 111 Å². The van der Waals surface area contributed by atoms with E-state index >= 15 is 0 Å². The van der Waals surface area contributed by atoms with Gasteiger partial charge in [0.1, 0.15) is 5.75 Å². The van der Waals surface area contributed by atoms with Crippen LogP contribution in [-0.4, -0.2) is 38.2 Å². The zero-order valence-electron chi connectivity index (χ0n) is 12.2. The summed E-state index contributed by atoms with van der Waals surface area (Å²) in [7, 11) is 4.17. The first-order chi connectivity index (χ1) is 8.58. The molecule has 1 atom stereocenters. The Morgan fingerprint density at radius 2 is 1.83 bits per heavy atom. The Kier molecular flexibility index (Phi) is 6.16. The molecule has 0 aliphatic heterocycles. The van der Waals surface area contributed by atoms with Crippen molar-refractivity contribution in [1.29, 1.82) is 0 Å². The first-order valence-electron chi connectivity index (χ1n) is 6.68. The lowest BCUT2D eigenvalue weighted by molar-refractivity contribution is 0.246. The zero-order valence-corrected chi connectivity index (χ0v) is 12.2. The Hall–Kier alpha value is -1.06. The van der Waals surface area contributed by atoms with Crippen molar-refractivity contribution >= 4 is 0 Å². The quantitative estimate of drug-likeness (QED) is 0.805. The van der Waals surface area contributed by atoms with E-state index in [2.05, 4.69) is 43.2 Å². The van der Waals surface area contributed by atoms with Gasteiger partial charge in [-0.15, -0.1) is 0 Å². The van der Waals surface area contributed by atoms with Gasteiger partial charge in [0.25, 0.3) is 0 Å². The molecule has 0 fully saturated rings. The smallest absolute Gasteiger partial charge is 0.119 e. The molecule has 0 aromatic heterocycles.